The molecule has 17 heteroatoms. The van der Waals surface area contributed by atoms with Gasteiger partial charge in [0.05, 0.1) is 25.6 Å². The number of hydrogen-bond donors (Lipinski definition) is 7. The summed E-state index contributed by atoms with van der Waals surface area (Å²) in [6.45, 7) is -0.623. The van der Waals surface area contributed by atoms with Gasteiger partial charge in [0.15, 0.2) is 23.5 Å². The first kappa shape index (κ1) is 25.1. The highest BCUT2D eigenvalue weighted by Gasteiger charge is 2.44. The van der Waals surface area contributed by atoms with Crippen LogP contribution in [0, 0.1) is 0 Å². The minimum atomic E-state index is -1.22. The molecule has 9 N–H and O–H groups in total. The van der Waals surface area contributed by atoms with Crippen LogP contribution in [0.15, 0.2) is 25.3 Å². The van der Waals surface area contributed by atoms with E-state index >= 15 is 0 Å². The van der Waals surface area contributed by atoms with Crippen LogP contribution in [-0.2, 0) is 9.47 Å². The number of nitrogen functional groups attached to an aromatic ring is 2. The number of rotatable bonds is 4. The van der Waals surface area contributed by atoms with Crippen molar-refractivity contribution in [2.24, 2.45) is 0 Å². The van der Waals surface area contributed by atoms with Crippen LogP contribution in [0.5, 0.6) is 0 Å². The lowest BCUT2D eigenvalue weighted by molar-refractivity contribution is -0.0523. The molecule has 2 aromatic rings. The SMILES string of the molecule is Nc1c2ncnc-2ncn1[C@@H]1O[C@H](CO)[C@@H](O)[C@@H]1O.Nc1ncnc2c1ncn2[C@H]1C[C@H](O)[C@@H](CO)O1. The van der Waals surface area contributed by atoms with E-state index in [9.17, 15) is 15.3 Å². The molecular formula is C20H26N10O7. The number of ether oxygens (including phenoxy) is 2. The highest BCUT2D eigenvalue weighted by Crippen LogP contribution is 2.33. The second-order valence-electron chi connectivity index (χ2n) is 8.51. The predicted octanol–water partition coefficient (Wildman–Crippen LogP) is -2.98. The van der Waals surface area contributed by atoms with Crippen molar-refractivity contribution >= 4 is 22.8 Å². The zero-order chi connectivity index (χ0) is 26.3. The Balaban J connectivity index is 0.000000152. The Bertz CT molecular complexity index is 1330. The quantitative estimate of drug-likeness (QED) is 0.142. The van der Waals surface area contributed by atoms with Crippen LogP contribution in [0.2, 0.25) is 0 Å². The maximum atomic E-state index is 9.93. The molecule has 2 fully saturated rings. The van der Waals surface area contributed by atoms with Gasteiger partial charge in [-0.25, -0.2) is 29.9 Å². The monoisotopic (exact) mass is 518 g/mol. The van der Waals surface area contributed by atoms with Gasteiger partial charge in [0.1, 0.15) is 66.7 Å². The summed E-state index contributed by atoms with van der Waals surface area (Å²) in [6.07, 6.45) is 0.0735. The van der Waals surface area contributed by atoms with Gasteiger partial charge < -0.3 is 46.5 Å². The molecule has 0 spiro atoms. The van der Waals surface area contributed by atoms with E-state index in [0.29, 0.717) is 34.9 Å². The van der Waals surface area contributed by atoms with E-state index in [1.807, 2.05) is 0 Å². The molecule has 0 aliphatic carbocycles. The van der Waals surface area contributed by atoms with Gasteiger partial charge in [0.2, 0.25) is 0 Å². The number of aliphatic hydroxyl groups is 5. The van der Waals surface area contributed by atoms with Crippen molar-refractivity contribution < 1.29 is 35.0 Å². The Morgan fingerprint density at radius 2 is 1.57 bits per heavy atom. The van der Waals surface area contributed by atoms with E-state index in [2.05, 4.69) is 29.9 Å². The van der Waals surface area contributed by atoms with Crippen LogP contribution in [0.25, 0.3) is 22.7 Å². The lowest BCUT2D eigenvalue weighted by atomic mass is 10.1. The topological polar surface area (TPSA) is 259 Å². The molecule has 198 valence electrons. The molecule has 7 atom stereocenters. The molecule has 2 aromatic heterocycles. The summed E-state index contributed by atoms with van der Waals surface area (Å²) in [5.41, 5.74) is 13.1. The first-order valence-electron chi connectivity index (χ1n) is 11.3. The standard InChI is InChI=1S/C10H13N5O4.C10H13N5O3/c11-8-5-9(13-2-12-5)14-3-15(8)10-7(18)6(17)4(1-16)19-10;11-9-8-10(13-3-12-9)15(4-14-8)7-1-5(17)6(2-16)18-7/h2-4,6-7,10,16-18H,1,11H2;3-7,16-17H,1-2H2,(H2,11,12,13)/t4-,6-,7+,10-;5-,6+,7+/m10/s1. The summed E-state index contributed by atoms with van der Waals surface area (Å²) < 4.78 is 14.0. The number of nitrogens with zero attached hydrogens (tertiary/aromatic N) is 8. The Labute approximate surface area is 208 Å². The number of fused-ring (bicyclic) bond motifs is 2. The van der Waals surface area contributed by atoms with Crippen LogP contribution in [0.3, 0.4) is 0 Å². The molecule has 37 heavy (non-hydrogen) atoms. The fourth-order valence-electron chi connectivity index (χ4n) is 4.28. The van der Waals surface area contributed by atoms with Gasteiger partial charge >= 0.3 is 0 Å². The molecule has 0 aromatic carbocycles. The third kappa shape index (κ3) is 4.42. The van der Waals surface area contributed by atoms with Gasteiger partial charge in [0, 0.05) is 6.42 Å². The minimum absolute atomic E-state index is 0.220. The molecule has 4 aliphatic rings. The molecule has 2 saturated heterocycles. The van der Waals surface area contributed by atoms with Crippen molar-refractivity contribution in [2.45, 2.75) is 49.4 Å². The number of anilines is 2. The molecule has 6 heterocycles. The molecular weight excluding hydrogens is 492 g/mol. The summed E-state index contributed by atoms with van der Waals surface area (Å²) in [6, 6.07) is 0. The first-order chi connectivity index (χ1) is 17.8. The molecule has 0 amide bonds. The van der Waals surface area contributed by atoms with Gasteiger partial charge in [-0.05, 0) is 0 Å². The van der Waals surface area contributed by atoms with Crippen LogP contribution >= 0.6 is 0 Å². The van der Waals surface area contributed by atoms with Crippen molar-refractivity contribution in [3.05, 3.63) is 25.3 Å². The first-order valence-corrected chi connectivity index (χ1v) is 11.3. The van der Waals surface area contributed by atoms with Crippen molar-refractivity contribution in [2.75, 3.05) is 24.7 Å². The van der Waals surface area contributed by atoms with Crippen LogP contribution in [0.1, 0.15) is 18.9 Å². The van der Waals surface area contributed by atoms with Gasteiger partial charge in [-0.1, -0.05) is 0 Å². The highest BCUT2D eigenvalue weighted by atomic mass is 16.6. The highest BCUT2D eigenvalue weighted by molar-refractivity contribution is 5.81. The normalized spacial score (nSPS) is 29.6. The maximum absolute atomic E-state index is 9.93. The lowest BCUT2D eigenvalue weighted by Gasteiger charge is -2.21. The third-order valence-electron chi connectivity index (χ3n) is 6.28. The lowest BCUT2D eigenvalue weighted by Crippen LogP contribution is -2.33. The predicted molar refractivity (Wildman–Crippen MR) is 123 cm³/mol. The summed E-state index contributed by atoms with van der Waals surface area (Å²) in [4.78, 5) is 24.0. The number of hydrogen-bond acceptors (Lipinski definition) is 15. The fourth-order valence-corrected chi connectivity index (χ4v) is 4.28. The second kappa shape index (κ2) is 10.1. The van der Waals surface area contributed by atoms with E-state index in [1.54, 1.807) is 10.9 Å². The molecule has 0 unspecified atom stereocenters. The van der Waals surface area contributed by atoms with E-state index < -0.39 is 49.6 Å². The van der Waals surface area contributed by atoms with Crippen molar-refractivity contribution in [1.82, 2.24) is 39.0 Å². The number of imidazole rings is 2. The average molecular weight is 518 g/mol. The van der Waals surface area contributed by atoms with Crippen molar-refractivity contribution in [3.8, 4) is 11.5 Å². The Kier molecular flexibility index (Phi) is 6.82. The Morgan fingerprint density at radius 3 is 2.27 bits per heavy atom. The number of aromatic nitrogens is 8. The smallest absolute Gasteiger partial charge is 0.184 e. The molecule has 0 saturated carbocycles. The van der Waals surface area contributed by atoms with Gasteiger partial charge in [0.25, 0.3) is 0 Å². The van der Waals surface area contributed by atoms with Crippen LogP contribution in [-0.4, -0.2) is 108 Å². The molecule has 6 rings (SSSR count). The average Bonchev–Trinajstić information content (AvgIpc) is 3.67. The third-order valence-corrected chi connectivity index (χ3v) is 6.28. The summed E-state index contributed by atoms with van der Waals surface area (Å²) in [5.74, 6) is 0.911. The summed E-state index contributed by atoms with van der Waals surface area (Å²) >= 11 is 0. The van der Waals surface area contributed by atoms with Crippen molar-refractivity contribution in [1.29, 1.82) is 0 Å². The zero-order valence-electron chi connectivity index (χ0n) is 19.3. The zero-order valence-corrected chi connectivity index (χ0v) is 19.3. The van der Waals surface area contributed by atoms with Gasteiger partial charge in [-0.15, -0.1) is 0 Å². The number of aliphatic hydroxyl groups excluding tert-OH is 5. The largest absolute Gasteiger partial charge is 0.394 e. The van der Waals surface area contributed by atoms with E-state index in [4.69, 9.17) is 31.2 Å². The van der Waals surface area contributed by atoms with Gasteiger partial charge in [-0.2, -0.15) is 0 Å². The summed E-state index contributed by atoms with van der Waals surface area (Å²) in [5, 5.41) is 47.5. The maximum Gasteiger partial charge on any atom is 0.184 e. The Hall–Kier alpha value is -3.58. The molecule has 4 aliphatic heterocycles. The van der Waals surface area contributed by atoms with E-state index in [0.717, 1.165) is 0 Å². The number of nitrogens with two attached hydrogens (primary N) is 2. The Morgan fingerprint density at radius 1 is 0.838 bits per heavy atom. The van der Waals surface area contributed by atoms with E-state index in [1.165, 1.54) is 23.5 Å². The van der Waals surface area contributed by atoms with Crippen molar-refractivity contribution in [3.63, 3.8) is 0 Å². The van der Waals surface area contributed by atoms with Crippen LogP contribution < -0.4 is 11.5 Å². The minimum Gasteiger partial charge on any atom is -0.394 e. The van der Waals surface area contributed by atoms with E-state index in [-0.39, 0.29) is 12.4 Å². The fraction of sp³-hybridized carbons (Fsp3) is 0.500. The summed E-state index contributed by atoms with van der Waals surface area (Å²) in [7, 11) is 0. The molecule has 0 bridgehead atoms. The van der Waals surface area contributed by atoms with Crippen LogP contribution in [0.4, 0.5) is 11.6 Å². The van der Waals surface area contributed by atoms with Gasteiger partial charge in [-0.3, -0.25) is 9.13 Å². The molecule has 17 nitrogen and oxygen atoms in total. The molecule has 0 radical (unpaired) electrons. The second-order valence-corrected chi connectivity index (χ2v) is 8.51.